The van der Waals surface area contributed by atoms with E-state index >= 15 is 0 Å². The zero-order valence-electron chi connectivity index (χ0n) is 10.2. The Labute approximate surface area is 106 Å². The second-order valence-corrected chi connectivity index (χ2v) is 5.90. The molecule has 0 saturated carbocycles. The molecular formula is C12H19NO3S. The van der Waals surface area contributed by atoms with Gasteiger partial charge in [-0.3, -0.25) is 14.5 Å². The largest absolute Gasteiger partial charge is 0.468 e. The van der Waals surface area contributed by atoms with Crippen molar-refractivity contribution in [3.63, 3.8) is 0 Å². The van der Waals surface area contributed by atoms with Crippen molar-refractivity contribution < 1.29 is 14.3 Å². The highest BCUT2D eigenvalue weighted by molar-refractivity contribution is 7.99. The van der Waals surface area contributed by atoms with E-state index in [1.807, 2.05) is 11.8 Å². The summed E-state index contributed by atoms with van der Waals surface area (Å²) in [6.07, 6.45) is 4.55. The minimum atomic E-state index is -0.215. The van der Waals surface area contributed by atoms with Gasteiger partial charge in [0.15, 0.2) is 0 Å². The van der Waals surface area contributed by atoms with Crippen LogP contribution in [0.4, 0.5) is 0 Å². The molecule has 2 fully saturated rings. The third-order valence-corrected chi connectivity index (χ3v) is 4.86. The quantitative estimate of drug-likeness (QED) is 0.665. The first kappa shape index (κ1) is 12.9. The van der Waals surface area contributed by atoms with Gasteiger partial charge in [-0.05, 0) is 31.4 Å². The van der Waals surface area contributed by atoms with E-state index in [4.69, 9.17) is 4.74 Å². The number of piperidine rings is 1. The first-order valence-corrected chi connectivity index (χ1v) is 7.24. The number of carbonyl (C=O) groups excluding carboxylic acids is 2. The molecule has 0 radical (unpaired) electrons. The van der Waals surface area contributed by atoms with Gasteiger partial charge in [0.25, 0.3) is 0 Å². The van der Waals surface area contributed by atoms with Crippen molar-refractivity contribution in [3.05, 3.63) is 0 Å². The fourth-order valence-corrected chi connectivity index (χ4v) is 3.90. The number of fused-ring (bicyclic) bond motifs is 1. The molecule has 0 N–H and O–H groups in total. The van der Waals surface area contributed by atoms with E-state index in [2.05, 4.69) is 4.90 Å². The van der Waals surface area contributed by atoms with Gasteiger partial charge in [-0.25, -0.2) is 0 Å². The molecule has 2 aliphatic rings. The first-order chi connectivity index (χ1) is 8.22. The van der Waals surface area contributed by atoms with Gasteiger partial charge in [0, 0.05) is 6.42 Å². The van der Waals surface area contributed by atoms with Crippen molar-refractivity contribution in [2.45, 2.75) is 43.5 Å². The van der Waals surface area contributed by atoms with Crippen molar-refractivity contribution in [1.29, 1.82) is 0 Å². The number of nitrogens with zero attached hydrogens (tertiary/aromatic N) is 1. The van der Waals surface area contributed by atoms with E-state index < -0.39 is 0 Å². The third kappa shape index (κ3) is 3.01. The molecule has 96 valence electrons. The number of ketones is 1. The Morgan fingerprint density at radius 1 is 1.41 bits per heavy atom. The van der Waals surface area contributed by atoms with Crippen LogP contribution in [0.15, 0.2) is 0 Å². The minimum absolute atomic E-state index is 0.191. The molecule has 0 aromatic carbocycles. The second kappa shape index (κ2) is 5.87. The molecule has 2 heterocycles. The first-order valence-electron chi connectivity index (χ1n) is 6.19. The van der Waals surface area contributed by atoms with Gasteiger partial charge in [0.2, 0.25) is 0 Å². The fourth-order valence-electron chi connectivity index (χ4n) is 2.57. The molecule has 4 nitrogen and oxygen atoms in total. The molecule has 0 spiro atoms. The molecule has 0 amide bonds. The molecule has 2 rings (SSSR count). The van der Waals surface area contributed by atoms with Crippen LogP contribution in [0.2, 0.25) is 0 Å². The molecule has 0 bridgehead atoms. The van der Waals surface area contributed by atoms with Crippen LogP contribution in [0.25, 0.3) is 0 Å². The Morgan fingerprint density at radius 2 is 2.24 bits per heavy atom. The van der Waals surface area contributed by atoms with Crippen molar-refractivity contribution in [2.24, 2.45) is 0 Å². The van der Waals surface area contributed by atoms with Crippen LogP contribution < -0.4 is 0 Å². The SMILES string of the molecule is COC(=O)[C@@H]1CCCC2SCCCC(=O)CN21. The average Bonchev–Trinajstić information content (AvgIpc) is 2.32. The summed E-state index contributed by atoms with van der Waals surface area (Å²) in [5, 5.41) is 0.317. The van der Waals surface area contributed by atoms with E-state index in [1.54, 1.807) is 0 Å². The molecule has 2 atom stereocenters. The lowest BCUT2D eigenvalue weighted by atomic mass is 10.0. The lowest BCUT2D eigenvalue weighted by Gasteiger charge is -2.40. The Bertz CT molecular complexity index is 308. The zero-order chi connectivity index (χ0) is 12.3. The summed E-state index contributed by atoms with van der Waals surface area (Å²) in [7, 11) is 1.42. The highest BCUT2D eigenvalue weighted by Crippen LogP contribution is 2.32. The lowest BCUT2D eigenvalue weighted by Crippen LogP contribution is -2.52. The Morgan fingerprint density at radius 3 is 3.00 bits per heavy atom. The van der Waals surface area contributed by atoms with E-state index in [9.17, 15) is 9.59 Å². The van der Waals surface area contributed by atoms with Crippen LogP contribution in [0, 0.1) is 0 Å². The number of hydrogen-bond acceptors (Lipinski definition) is 5. The van der Waals surface area contributed by atoms with E-state index in [-0.39, 0.29) is 17.8 Å². The van der Waals surface area contributed by atoms with E-state index in [0.717, 1.165) is 31.4 Å². The highest BCUT2D eigenvalue weighted by Gasteiger charge is 2.37. The van der Waals surface area contributed by atoms with Crippen LogP contribution >= 0.6 is 11.8 Å². The minimum Gasteiger partial charge on any atom is -0.468 e. The zero-order valence-corrected chi connectivity index (χ0v) is 11.0. The maximum absolute atomic E-state index is 11.7. The number of hydrogen-bond donors (Lipinski definition) is 0. The summed E-state index contributed by atoms with van der Waals surface area (Å²) < 4.78 is 4.84. The average molecular weight is 257 g/mol. The van der Waals surface area contributed by atoms with Crippen LogP contribution in [-0.2, 0) is 14.3 Å². The fraction of sp³-hybridized carbons (Fsp3) is 0.833. The third-order valence-electron chi connectivity index (χ3n) is 3.44. The topological polar surface area (TPSA) is 46.6 Å². The van der Waals surface area contributed by atoms with Crippen LogP contribution in [0.3, 0.4) is 0 Å². The monoisotopic (exact) mass is 257 g/mol. The molecule has 5 heteroatoms. The summed E-state index contributed by atoms with van der Waals surface area (Å²) in [5.74, 6) is 1.08. The normalized spacial score (nSPS) is 31.2. The Hall–Kier alpha value is -0.550. The molecule has 1 unspecified atom stereocenters. The number of esters is 1. The van der Waals surface area contributed by atoms with Gasteiger partial charge in [0.1, 0.15) is 11.8 Å². The van der Waals surface area contributed by atoms with Gasteiger partial charge < -0.3 is 4.74 Å². The van der Waals surface area contributed by atoms with Crippen molar-refractivity contribution in [1.82, 2.24) is 4.90 Å². The smallest absolute Gasteiger partial charge is 0.323 e. The predicted molar refractivity (Wildman–Crippen MR) is 66.8 cm³/mol. The van der Waals surface area contributed by atoms with Gasteiger partial charge in [-0.1, -0.05) is 0 Å². The summed E-state index contributed by atoms with van der Waals surface area (Å²) in [6, 6.07) is -0.215. The summed E-state index contributed by atoms with van der Waals surface area (Å²) in [6.45, 7) is 0.414. The molecule has 2 aliphatic heterocycles. The number of rotatable bonds is 1. The van der Waals surface area contributed by atoms with E-state index in [1.165, 1.54) is 7.11 Å². The van der Waals surface area contributed by atoms with Crippen molar-refractivity contribution >= 4 is 23.5 Å². The predicted octanol–water partition coefficient (Wildman–Crippen LogP) is 1.44. The number of methoxy groups -OCH3 is 1. The molecule has 2 saturated heterocycles. The molecule has 0 aliphatic carbocycles. The van der Waals surface area contributed by atoms with Gasteiger partial charge in [-0.2, -0.15) is 0 Å². The number of carbonyl (C=O) groups is 2. The number of ether oxygens (including phenoxy) is 1. The Kier molecular flexibility index (Phi) is 4.45. The second-order valence-electron chi connectivity index (χ2n) is 4.61. The molecule has 17 heavy (non-hydrogen) atoms. The van der Waals surface area contributed by atoms with Crippen molar-refractivity contribution in [3.8, 4) is 0 Å². The van der Waals surface area contributed by atoms with E-state index in [0.29, 0.717) is 18.3 Å². The summed E-state index contributed by atoms with van der Waals surface area (Å²) >= 11 is 1.88. The number of Topliss-reactive ketones (excluding diaryl/α,β-unsaturated/α-hetero) is 1. The van der Waals surface area contributed by atoms with Gasteiger partial charge >= 0.3 is 5.97 Å². The Balaban J connectivity index is 2.12. The summed E-state index contributed by atoms with van der Waals surface area (Å²) in [5.41, 5.74) is 0. The molecule has 0 aromatic heterocycles. The van der Waals surface area contributed by atoms with Crippen LogP contribution in [-0.4, -0.2) is 47.5 Å². The molecule has 0 aromatic rings. The lowest BCUT2D eigenvalue weighted by molar-refractivity contribution is -0.149. The number of thioether (sulfide) groups is 1. The van der Waals surface area contributed by atoms with Gasteiger partial charge in [-0.15, -0.1) is 11.8 Å². The maximum atomic E-state index is 11.7. The maximum Gasteiger partial charge on any atom is 0.323 e. The van der Waals surface area contributed by atoms with Crippen molar-refractivity contribution in [2.75, 3.05) is 19.4 Å². The standard InChI is InChI=1S/C12H19NO3S/c1-16-12(15)10-5-2-6-11-13(10)8-9(14)4-3-7-17-11/h10-11H,2-8H2,1H3/t10-,11?/m0/s1. The summed E-state index contributed by atoms with van der Waals surface area (Å²) in [4.78, 5) is 25.5. The molecular weight excluding hydrogens is 238 g/mol. The van der Waals surface area contributed by atoms with Crippen LogP contribution in [0.1, 0.15) is 32.1 Å². The van der Waals surface area contributed by atoms with Crippen LogP contribution in [0.5, 0.6) is 0 Å². The van der Waals surface area contributed by atoms with Gasteiger partial charge in [0.05, 0.1) is 19.0 Å². The highest BCUT2D eigenvalue weighted by atomic mass is 32.2.